The van der Waals surface area contributed by atoms with Crippen LogP contribution in [-0.4, -0.2) is 41.4 Å². The van der Waals surface area contributed by atoms with Crippen LogP contribution in [0.5, 0.6) is 0 Å². The van der Waals surface area contributed by atoms with Crippen molar-refractivity contribution in [2.45, 2.75) is 33.7 Å². The number of hydrogen-bond donors (Lipinski definition) is 2. The van der Waals surface area contributed by atoms with Gasteiger partial charge < -0.3 is 20.5 Å². The molecule has 0 saturated carbocycles. The van der Waals surface area contributed by atoms with Crippen molar-refractivity contribution in [2.75, 3.05) is 25.9 Å². The molecule has 0 unspecified atom stereocenters. The molecule has 0 radical (unpaired) electrons. The van der Waals surface area contributed by atoms with E-state index in [1.165, 1.54) is 4.90 Å². The highest BCUT2D eigenvalue weighted by Gasteiger charge is 2.19. The Balaban J connectivity index is 2.67. The Morgan fingerprint density at radius 2 is 2.10 bits per heavy atom. The third-order valence-corrected chi connectivity index (χ3v) is 3.04. The number of nitrogens with zero attached hydrogens (tertiary/aromatic N) is 2. The van der Waals surface area contributed by atoms with Gasteiger partial charge in [0, 0.05) is 26.3 Å². The average molecular weight is 294 g/mol. The van der Waals surface area contributed by atoms with Crippen LogP contribution in [0.1, 0.15) is 37.7 Å². The van der Waals surface area contributed by atoms with Crippen molar-refractivity contribution >= 4 is 17.5 Å². The summed E-state index contributed by atoms with van der Waals surface area (Å²) in [5.74, 6) is 0.0394. The lowest BCUT2D eigenvalue weighted by molar-refractivity contribution is -0.121. The molecule has 0 spiro atoms. The zero-order chi connectivity index (χ0) is 16.0. The lowest BCUT2D eigenvalue weighted by Crippen LogP contribution is -2.40. The third kappa shape index (κ3) is 5.13. The van der Waals surface area contributed by atoms with Crippen molar-refractivity contribution in [3.63, 3.8) is 0 Å². The highest BCUT2D eigenvalue weighted by Crippen LogP contribution is 2.13. The number of amides is 2. The van der Waals surface area contributed by atoms with Crippen LogP contribution in [0, 0.1) is 5.92 Å². The van der Waals surface area contributed by atoms with Crippen LogP contribution in [0.3, 0.4) is 0 Å². The van der Waals surface area contributed by atoms with Crippen LogP contribution in [0.2, 0.25) is 0 Å². The molecule has 1 heterocycles. The zero-order valence-electron chi connectivity index (χ0n) is 13.3. The van der Waals surface area contributed by atoms with Gasteiger partial charge in [0.15, 0.2) is 0 Å². The van der Waals surface area contributed by atoms with E-state index < -0.39 is 0 Å². The number of hydrogen-bond acceptors (Lipinski definition) is 3. The van der Waals surface area contributed by atoms with E-state index in [1.807, 2.05) is 25.3 Å². The van der Waals surface area contributed by atoms with E-state index in [-0.39, 0.29) is 18.4 Å². The number of likely N-dealkylation sites (N-methyl/N-ethyl adjacent to an activating group) is 1. The molecule has 0 saturated heterocycles. The minimum absolute atomic E-state index is 0.0444. The molecule has 118 valence electrons. The summed E-state index contributed by atoms with van der Waals surface area (Å²) < 4.78 is 1.83. The Kier molecular flexibility index (Phi) is 6.27. The van der Waals surface area contributed by atoms with Gasteiger partial charge in [-0.3, -0.25) is 9.59 Å². The maximum absolute atomic E-state index is 12.4. The number of rotatable bonds is 7. The number of aryl methyl sites for hydroxylation is 1. The molecule has 0 aliphatic carbocycles. The topological polar surface area (TPSA) is 80.4 Å². The largest absolute Gasteiger partial charge is 0.397 e. The maximum Gasteiger partial charge on any atom is 0.270 e. The predicted octanol–water partition coefficient (Wildman–Crippen LogP) is 1.32. The van der Waals surface area contributed by atoms with Crippen LogP contribution in [0.4, 0.5) is 5.69 Å². The fraction of sp³-hybridized carbons (Fsp3) is 0.600. The van der Waals surface area contributed by atoms with Gasteiger partial charge in [0.05, 0.1) is 12.2 Å². The van der Waals surface area contributed by atoms with E-state index in [4.69, 9.17) is 5.73 Å². The van der Waals surface area contributed by atoms with Gasteiger partial charge in [0.1, 0.15) is 5.69 Å². The lowest BCUT2D eigenvalue weighted by Gasteiger charge is -2.18. The fourth-order valence-corrected chi connectivity index (χ4v) is 1.99. The SMILES string of the molecule is CCCn1cc(N)cc1C(=O)N(C)CC(=O)NCC(C)C. The molecule has 0 atom stereocenters. The fourth-order valence-electron chi connectivity index (χ4n) is 1.99. The number of nitrogen functional groups attached to an aromatic ring is 1. The van der Waals surface area contributed by atoms with Crippen molar-refractivity contribution in [2.24, 2.45) is 5.92 Å². The maximum atomic E-state index is 12.4. The first kappa shape index (κ1) is 17.1. The quantitative estimate of drug-likeness (QED) is 0.796. The summed E-state index contributed by atoms with van der Waals surface area (Å²) in [4.78, 5) is 25.6. The number of nitrogens with two attached hydrogens (primary N) is 1. The number of carbonyl (C=O) groups excluding carboxylic acids is 2. The first-order valence-electron chi connectivity index (χ1n) is 7.33. The number of nitrogens with one attached hydrogen (secondary N) is 1. The van der Waals surface area contributed by atoms with E-state index in [0.29, 0.717) is 23.8 Å². The number of aromatic nitrogens is 1. The number of carbonyl (C=O) groups is 2. The molecule has 1 aromatic heterocycles. The minimum Gasteiger partial charge on any atom is -0.397 e. The molecule has 2 amide bonds. The van der Waals surface area contributed by atoms with Gasteiger partial charge in [-0.25, -0.2) is 0 Å². The molecule has 0 bridgehead atoms. The van der Waals surface area contributed by atoms with Crippen molar-refractivity contribution < 1.29 is 9.59 Å². The second-order valence-electron chi connectivity index (χ2n) is 5.71. The smallest absolute Gasteiger partial charge is 0.270 e. The molecular formula is C15H26N4O2. The van der Waals surface area contributed by atoms with E-state index >= 15 is 0 Å². The summed E-state index contributed by atoms with van der Waals surface area (Å²) in [6, 6.07) is 1.65. The van der Waals surface area contributed by atoms with Crippen LogP contribution >= 0.6 is 0 Å². The molecule has 21 heavy (non-hydrogen) atoms. The highest BCUT2D eigenvalue weighted by molar-refractivity contribution is 5.96. The second kappa shape index (κ2) is 7.71. The summed E-state index contributed by atoms with van der Waals surface area (Å²) in [7, 11) is 1.62. The molecule has 3 N–H and O–H groups in total. The van der Waals surface area contributed by atoms with E-state index in [1.54, 1.807) is 19.3 Å². The molecule has 0 aromatic carbocycles. The molecule has 0 fully saturated rings. The lowest BCUT2D eigenvalue weighted by atomic mass is 10.2. The van der Waals surface area contributed by atoms with E-state index in [2.05, 4.69) is 5.32 Å². The van der Waals surface area contributed by atoms with Crippen LogP contribution in [-0.2, 0) is 11.3 Å². The van der Waals surface area contributed by atoms with Crippen LogP contribution < -0.4 is 11.1 Å². The van der Waals surface area contributed by atoms with Gasteiger partial charge in [-0.1, -0.05) is 20.8 Å². The molecule has 0 aliphatic heterocycles. The second-order valence-corrected chi connectivity index (χ2v) is 5.71. The van der Waals surface area contributed by atoms with Gasteiger partial charge >= 0.3 is 0 Å². The van der Waals surface area contributed by atoms with Crippen molar-refractivity contribution in [3.05, 3.63) is 18.0 Å². The van der Waals surface area contributed by atoms with E-state index in [9.17, 15) is 9.59 Å². The van der Waals surface area contributed by atoms with Gasteiger partial charge in [0.25, 0.3) is 5.91 Å². The first-order chi connectivity index (χ1) is 9.85. The molecule has 6 nitrogen and oxygen atoms in total. The third-order valence-electron chi connectivity index (χ3n) is 3.04. The monoisotopic (exact) mass is 294 g/mol. The molecule has 1 aromatic rings. The van der Waals surface area contributed by atoms with Gasteiger partial charge in [-0.15, -0.1) is 0 Å². The summed E-state index contributed by atoms with van der Waals surface area (Å²) in [5.41, 5.74) is 6.84. The van der Waals surface area contributed by atoms with Gasteiger partial charge in [0.2, 0.25) is 5.91 Å². The molecule has 1 rings (SSSR count). The van der Waals surface area contributed by atoms with Crippen molar-refractivity contribution in [3.8, 4) is 0 Å². The Hall–Kier alpha value is -1.98. The minimum atomic E-state index is -0.195. The predicted molar refractivity (Wildman–Crippen MR) is 83.9 cm³/mol. The zero-order valence-corrected chi connectivity index (χ0v) is 13.3. The Morgan fingerprint density at radius 3 is 2.67 bits per heavy atom. The van der Waals surface area contributed by atoms with Crippen LogP contribution in [0.15, 0.2) is 12.3 Å². The normalized spacial score (nSPS) is 10.7. The van der Waals surface area contributed by atoms with E-state index in [0.717, 1.165) is 13.0 Å². The first-order valence-corrected chi connectivity index (χ1v) is 7.33. The standard InChI is InChI=1S/C15H26N4O2/c1-5-6-19-9-12(16)7-13(19)15(21)18(4)10-14(20)17-8-11(2)3/h7,9,11H,5-6,8,10,16H2,1-4H3,(H,17,20). The highest BCUT2D eigenvalue weighted by atomic mass is 16.2. The summed E-state index contributed by atoms with van der Waals surface area (Å²) in [5, 5.41) is 2.80. The average Bonchev–Trinajstić information content (AvgIpc) is 2.76. The van der Waals surface area contributed by atoms with Crippen molar-refractivity contribution in [1.29, 1.82) is 0 Å². The molecular weight excluding hydrogens is 268 g/mol. The Bertz CT molecular complexity index is 494. The summed E-state index contributed by atoms with van der Waals surface area (Å²) in [6.07, 6.45) is 2.66. The Labute approximate surface area is 126 Å². The summed E-state index contributed by atoms with van der Waals surface area (Å²) in [6.45, 7) is 7.47. The van der Waals surface area contributed by atoms with Crippen LogP contribution in [0.25, 0.3) is 0 Å². The van der Waals surface area contributed by atoms with Gasteiger partial charge in [-0.2, -0.15) is 0 Å². The molecule has 6 heteroatoms. The molecule has 0 aliphatic rings. The van der Waals surface area contributed by atoms with Crippen molar-refractivity contribution in [1.82, 2.24) is 14.8 Å². The summed E-state index contributed by atoms with van der Waals surface area (Å²) >= 11 is 0. The Morgan fingerprint density at radius 1 is 1.43 bits per heavy atom. The van der Waals surface area contributed by atoms with Gasteiger partial charge in [-0.05, 0) is 18.4 Å². The number of anilines is 1.